The Morgan fingerprint density at radius 3 is 1.92 bits per heavy atom. The molecule has 0 aliphatic heterocycles. The number of nitrogens with zero attached hydrogens (tertiary/aromatic N) is 1. The molecule has 0 radical (unpaired) electrons. The summed E-state index contributed by atoms with van der Waals surface area (Å²) in [6, 6.07) is 0.288. The van der Waals surface area contributed by atoms with Gasteiger partial charge in [0.2, 0.25) is 0 Å². The van der Waals surface area contributed by atoms with Crippen LogP contribution in [0.15, 0.2) is 4.99 Å². The molecule has 0 aromatic heterocycles. The van der Waals surface area contributed by atoms with Gasteiger partial charge >= 0.3 is 0 Å². The van der Waals surface area contributed by atoms with Gasteiger partial charge in [0, 0.05) is 12.0 Å². The maximum Gasteiger partial charge on any atom is 0.114 e. The first-order chi connectivity index (χ1) is 5.79. The summed E-state index contributed by atoms with van der Waals surface area (Å²) in [6.07, 6.45) is 0. The largest absolute Gasteiger partial charge is 0.312 e. The Kier molecular flexibility index (Phi) is 4.40. The zero-order valence-electron chi connectivity index (χ0n) is 9.68. The van der Waals surface area contributed by atoms with E-state index < -0.39 is 0 Å². The molecule has 13 heavy (non-hydrogen) atoms. The highest BCUT2D eigenvalue weighted by atomic mass is 15.3. The van der Waals surface area contributed by atoms with E-state index in [-0.39, 0.29) is 11.5 Å². The van der Waals surface area contributed by atoms with Crippen LogP contribution in [0.1, 0.15) is 41.5 Å². The van der Waals surface area contributed by atoms with Crippen molar-refractivity contribution in [2.45, 2.75) is 47.6 Å². The van der Waals surface area contributed by atoms with Crippen LogP contribution in [0.5, 0.6) is 0 Å². The van der Waals surface area contributed by atoms with E-state index in [1.807, 2.05) is 13.8 Å². The number of hydrazine groups is 1. The van der Waals surface area contributed by atoms with Crippen molar-refractivity contribution < 1.29 is 0 Å². The first-order valence-corrected chi connectivity index (χ1v) is 4.83. The summed E-state index contributed by atoms with van der Waals surface area (Å²) in [4.78, 5) is 4.44. The van der Waals surface area contributed by atoms with Gasteiger partial charge in [-0.05, 0) is 19.3 Å². The van der Waals surface area contributed by atoms with Crippen LogP contribution in [0.4, 0.5) is 0 Å². The van der Waals surface area contributed by atoms with Crippen LogP contribution in [0.25, 0.3) is 0 Å². The summed E-state index contributed by atoms with van der Waals surface area (Å²) in [6.45, 7) is 12.8. The lowest BCUT2D eigenvalue weighted by Crippen LogP contribution is -2.40. The van der Waals surface area contributed by atoms with Crippen molar-refractivity contribution in [1.29, 1.82) is 0 Å². The molecule has 1 unspecified atom stereocenters. The summed E-state index contributed by atoms with van der Waals surface area (Å²) in [5.41, 5.74) is 2.88. The maximum absolute atomic E-state index is 5.44. The molecule has 3 nitrogen and oxygen atoms in total. The van der Waals surface area contributed by atoms with Crippen molar-refractivity contribution in [2.24, 2.45) is 22.2 Å². The molecule has 0 amide bonds. The second-order valence-corrected chi connectivity index (χ2v) is 4.84. The van der Waals surface area contributed by atoms with Crippen LogP contribution >= 0.6 is 0 Å². The Bertz CT molecular complexity index is 177. The number of aliphatic imine (C=N–C) groups is 1. The van der Waals surface area contributed by atoms with E-state index in [4.69, 9.17) is 5.84 Å². The van der Waals surface area contributed by atoms with Crippen LogP contribution in [0.3, 0.4) is 0 Å². The van der Waals surface area contributed by atoms with E-state index in [0.29, 0.717) is 5.92 Å². The normalized spacial score (nSPS) is 16.2. The molecule has 0 rings (SSSR count). The third kappa shape index (κ3) is 4.27. The standard InChI is InChI=1S/C10H23N3/c1-7(2)12-9(13-11)8(3)10(4,5)6/h7-8H,11H2,1-6H3,(H,12,13). The minimum Gasteiger partial charge on any atom is -0.312 e. The molecule has 3 heteroatoms. The molecule has 1 atom stereocenters. The predicted molar refractivity (Wildman–Crippen MR) is 58.5 cm³/mol. The van der Waals surface area contributed by atoms with Gasteiger partial charge in [-0.3, -0.25) is 4.99 Å². The van der Waals surface area contributed by atoms with Gasteiger partial charge in [-0.2, -0.15) is 0 Å². The molecule has 0 fully saturated rings. The molecule has 0 bridgehead atoms. The molecular weight excluding hydrogens is 162 g/mol. The lowest BCUT2D eigenvalue weighted by molar-refractivity contribution is 0.327. The fourth-order valence-corrected chi connectivity index (χ4v) is 0.962. The van der Waals surface area contributed by atoms with E-state index in [9.17, 15) is 0 Å². The van der Waals surface area contributed by atoms with Crippen LogP contribution in [0.2, 0.25) is 0 Å². The predicted octanol–water partition coefficient (Wildman–Crippen LogP) is 1.94. The third-order valence-corrected chi connectivity index (χ3v) is 2.25. The molecular formula is C10H23N3. The quantitative estimate of drug-likeness (QED) is 0.299. The van der Waals surface area contributed by atoms with Crippen LogP contribution in [0, 0.1) is 11.3 Å². The second kappa shape index (κ2) is 4.61. The van der Waals surface area contributed by atoms with Crippen LogP contribution < -0.4 is 11.3 Å². The van der Waals surface area contributed by atoms with Gasteiger partial charge in [0.05, 0.1) is 0 Å². The second-order valence-electron chi connectivity index (χ2n) is 4.84. The molecule has 0 aliphatic carbocycles. The summed E-state index contributed by atoms with van der Waals surface area (Å²) >= 11 is 0. The molecule has 3 N–H and O–H groups in total. The van der Waals surface area contributed by atoms with Crippen molar-refractivity contribution in [3.05, 3.63) is 0 Å². The Balaban J connectivity index is 4.60. The molecule has 0 aliphatic rings. The fourth-order valence-electron chi connectivity index (χ4n) is 0.962. The Labute approximate surface area is 81.8 Å². The van der Waals surface area contributed by atoms with Gasteiger partial charge in [0.1, 0.15) is 5.84 Å². The Morgan fingerprint density at radius 1 is 1.23 bits per heavy atom. The number of hydrogen-bond acceptors (Lipinski definition) is 2. The average Bonchev–Trinajstić information content (AvgIpc) is 1.96. The fraction of sp³-hybridized carbons (Fsp3) is 0.900. The van der Waals surface area contributed by atoms with E-state index in [2.05, 4.69) is 38.1 Å². The van der Waals surface area contributed by atoms with Crippen molar-refractivity contribution in [2.75, 3.05) is 0 Å². The summed E-state index contributed by atoms with van der Waals surface area (Å²) < 4.78 is 0. The van der Waals surface area contributed by atoms with Gasteiger partial charge in [-0.1, -0.05) is 27.7 Å². The summed E-state index contributed by atoms with van der Waals surface area (Å²) in [5.74, 6) is 6.68. The zero-order chi connectivity index (χ0) is 10.6. The number of nitrogens with one attached hydrogen (secondary N) is 1. The first kappa shape index (κ1) is 12.4. The van der Waals surface area contributed by atoms with Crippen LogP contribution in [-0.2, 0) is 0 Å². The summed E-state index contributed by atoms with van der Waals surface area (Å²) in [5, 5.41) is 0. The van der Waals surface area contributed by atoms with Crippen molar-refractivity contribution in [3.63, 3.8) is 0 Å². The van der Waals surface area contributed by atoms with Crippen LogP contribution in [-0.4, -0.2) is 11.9 Å². The lowest BCUT2D eigenvalue weighted by atomic mass is 9.81. The molecule has 0 aromatic rings. The molecule has 78 valence electrons. The van der Waals surface area contributed by atoms with Gasteiger partial charge in [-0.15, -0.1) is 0 Å². The number of rotatable bonds is 2. The van der Waals surface area contributed by atoms with E-state index >= 15 is 0 Å². The molecule has 0 spiro atoms. The number of hydrogen-bond donors (Lipinski definition) is 2. The lowest BCUT2D eigenvalue weighted by Gasteiger charge is -2.28. The topological polar surface area (TPSA) is 50.4 Å². The van der Waals surface area contributed by atoms with Crippen molar-refractivity contribution >= 4 is 5.84 Å². The van der Waals surface area contributed by atoms with Crippen molar-refractivity contribution in [1.82, 2.24) is 5.43 Å². The highest BCUT2D eigenvalue weighted by Crippen LogP contribution is 2.25. The van der Waals surface area contributed by atoms with E-state index in [1.54, 1.807) is 0 Å². The molecule has 0 aromatic carbocycles. The molecule has 0 heterocycles. The first-order valence-electron chi connectivity index (χ1n) is 4.83. The van der Waals surface area contributed by atoms with Gasteiger partial charge in [0.25, 0.3) is 0 Å². The van der Waals surface area contributed by atoms with Gasteiger partial charge in [-0.25, -0.2) is 5.84 Å². The monoisotopic (exact) mass is 185 g/mol. The highest BCUT2D eigenvalue weighted by molar-refractivity contribution is 5.84. The van der Waals surface area contributed by atoms with Gasteiger partial charge < -0.3 is 5.43 Å². The number of nitrogens with two attached hydrogens (primary N) is 1. The molecule has 0 saturated heterocycles. The average molecular weight is 185 g/mol. The maximum atomic E-state index is 5.44. The summed E-state index contributed by atoms with van der Waals surface area (Å²) in [7, 11) is 0. The smallest absolute Gasteiger partial charge is 0.114 e. The minimum absolute atomic E-state index is 0.195. The number of amidine groups is 1. The Hall–Kier alpha value is -0.570. The molecule has 0 saturated carbocycles. The van der Waals surface area contributed by atoms with Gasteiger partial charge in [0.15, 0.2) is 0 Å². The van der Waals surface area contributed by atoms with Crippen molar-refractivity contribution in [3.8, 4) is 0 Å². The zero-order valence-corrected chi connectivity index (χ0v) is 9.68. The third-order valence-electron chi connectivity index (χ3n) is 2.25. The van der Waals surface area contributed by atoms with E-state index in [1.165, 1.54) is 0 Å². The SMILES string of the molecule is CC(C)N=C(NN)C(C)C(C)(C)C. The Morgan fingerprint density at radius 2 is 1.69 bits per heavy atom. The van der Waals surface area contributed by atoms with E-state index in [0.717, 1.165) is 5.84 Å². The minimum atomic E-state index is 0.195. The highest BCUT2D eigenvalue weighted by Gasteiger charge is 2.24.